The Kier molecular flexibility index (Phi) is 5.91. The van der Waals surface area contributed by atoms with E-state index in [1.54, 1.807) is 6.92 Å². The van der Waals surface area contributed by atoms with E-state index in [-0.39, 0.29) is 18.6 Å². The number of carboxylic acid groups (broad SMARTS) is 1. The van der Waals surface area contributed by atoms with E-state index in [4.69, 9.17) is 5.11 Å². The number of amides is 2. The molecule has 0 bridgehead atoms. The lowest BCUT2D eigenvalue weighted by atomic mass is 10.1. The predicted molar refractivity (Wildman–Crippen MR) is 68.5 cm³/mol. The highest BCUT2D eigenvalue weighted by Gasteiger charge is 2.20. The van der Waals surface area contributed by atoms with E-state index >= 15 is 0 Å². The van der Waals surface area contributed by atoms with E-state index in [0.29, 0.717) is 0 Å². The number of nitrogens with one attached hydrogen (secondary N) is 2. The van der Waals surface area contributed by atoms with Gasteiger partial charge in [0.1, 0.15) is 0 Å². The second-order valence-corrected chi connectivity index (χ2v) is 4.83. The van der Waals surface area contributed by atoms with Gasteiger partial charge in [0.2, 0.25) is 0 Å². The zero-order valence-corrected chi connectivity index (χ0v) is 11.1. The first kappa shape index (κ1) is 14.8. The van der Waals surface area contributed by atoms with E-state index in [1.807, 2.05) is 0 Å². The molecule has 18 heavy (non-hydrogen) atoms. The van der Waals surface area contributed by atoms with Crippen molar-refractivity contribution in [1.29, 1.82) is 0 Å². The van der Waals surface area contributed by atoms with Crippen molar-refractivity contribution in [3.05, 3.63) is 0 Å². The molecule has 2 atom stereocenters. The molecule has 104 valence electrons. The number of urea groups is 1. The quantitative estimate of drug-likeness (QED) is 0.669. The number of likely N-dealkylation sites (tertiary alicyclic amines) is 1. The maximum Gasteiger partial charge on any atom is 0.315 e. The summed E-state index contributed by atoms with van der Waals surface area (Å²) < 4.78 is 0. The van der Waals surface area contributed by atoms with Gasteiger partial charge in [0, 0.05) is 19.1 Å². The summed E-state index contributed by atoms with van der Waals surface area (Å²) in [7, 11) is 0. The van der Waals surface area contributed by atoms with Crippen LogP contribution in [-0.4, -0.2) is 54.2 Å². The fraction of sp³-hybridized carbons (Fsp3) is 0.833. The molecule has 0 aliphatic carbocycles. The maximum atomic E-state index is 11.6. The third-order valence-corrected chi connectivity index (χ3v) is 3.28. The SMILES string of the molecule is CCN1CCCC(NC(=O)NCC(C)C(=O)O)C1. The first-order valence-corrected chi connectivity index (χ1v) is 6.52. The van der Waals surface area contributed by atoms with Crippen LogP contribution in [-0.2, 0) is 4.79 Å². The molecule has 6 heteroatoms. The average molecular weight is 257 g/mol. The van der Waals surface area contributed by atoms with Crippen LogP contribution in [0.4, 0.5) is 4.79 Å². The van der Waals surface area contributed by atoms with Crippen LogP contribution >= 0.6 is 0 Å². The number of piperidine rings is 1. The molecule has 0 aromatic carbocycles. The van der Waals surface area contributed by atoms with E-state index in [2.05, 4.69) is 22.5 Å². The Morgan fingerprint density at radius 3 is 2.83 bits per heavy atom. The second-order valence-electron chi connectivity index (χ2n) is 4.83. The predicted octanol–water partition coefficient (Wildman–Crippen LogP) is 0.491. The van der Waals surface area contributed by atoms with Crippen LogP contribution in [0.3, 0.4) is 0 Å². The van der Waals surface area contributed by atoms with Crippen molar-refractivity contribution in [2.75, 3.05) is 26.2 Å². The third kappa shape index (κ3) is 4.91. The van der Waals surface area contributed by atoms with Crippen molar-refractivity contribution >= 4 is 12.0 Å². The minimum absolute atomic E-state index is 0.158. The molecule has 0 saturated carbocycles. The molecule has 1 heterocycles. The molecule has 0 aromatic rings. The van der Waals surface area contributed by atoms with Crippen LogP contribution in [0.1, 0.15) is 26.7 Å². The van der Waals surface area contributed by atoms with Gasteiger partial charge in [-0.05, 0) is 25.9 Å². The first-order valence-electron chi connectivity index (χ1n) is 6.52. The average Bonchev–Trinajstić information content (AvgIpc) is 2.36. The Labute approximate surface area is 108 Å². The number of carbonyl (C=O) groups excluding carboxylic acids is 1. The van der Waals surface area contributed by atoms with Gasteiger partial charge in [-0.2, -0.15) is 0 Å². The number of aliphatic carboxylic acids is 1. The number of hydrogen-bond acceptors (Lipinski definition) is 3. The van der Waals surface area contributed by atoms with Crippen LogP contribution in [0.5, 0.6) is 0 Å². The second kappa shape index (κ2) is 7.20. The van der Waals surface area contributed by atoms with Crippen LogP contribution < -0.4 is 10.6 Å². The van der Waals surface area contributed by atoms with Crippen LogP contribution in [0.25, 0.3) is 0 Å². The largest absolute Gasteiger partial charge is 0.481 e. The summed E-state index contributed by atoms with van der Waals surface area (Å²) in [6.07, 6.45) is 2.07. The molecule has 1 aliphatic heterocycles. The van der Waals surface area contributed by atoms with Gasteiger partial charge in [0.05, 0.1) is 5.92 Å². The lowest BCUT2D eigenvalue weighted by Crippen LogP contribution is -2.51. The van der Waals surface area contributed by atoms with Gasteiger partial charge in [-0.1, -0.05) is 13.8 Å². The van der Waals surface area contributed by atoms with Gasteiger partial charge in [-0.25, -0.2) is 4.79 Å². The Morgan fingerprint density at radius 2 is 2.22 bits per heavy atom. The van der Waals surface area contributed by atoms with Gasteiger partial charge < -0.3 is 20.6 Å². The molecule has 0 spiro atoms. The highest BCUT2D eigenvalue weighted by Crippen LogP contribution is 2.09. The zero-order chi connectivity index (χ0) is 13.5. The normalized spacial score (nSPS) is 22.2. The fourth-order valence-electron chi connectivity index (χ4n) is 2.03. The summed E-state index contributed by atoms with van der Waals surface area (Å²) in [6.45, 7) is 6.80. The molecule has 1 aliphatic rings. The summed E-state index contributed by atoms with van der Waals surface area (Å²) in [5.74, 6) is -1.46. The number of nitrogens with zero attached hydrogens (tertiary/aromatic N) is 1. The molecule has 2 amide bonds. The highest BCUT2D eigenvalue weighted by molar-refractivity contribution is 5.76. The van der Waals surface area contributed by atoms with Crippen molar-refractivity contribution in [1.82, 2.24) is 15.5 Å². The Balaban J connectivity index is 2.25. The Bertz CT molecular complexity index is 296. The fourth-order valence-corrected chi connectivity index (χ4v) is 2.03. The van der Waals surface area contributed by atoms with E-state index in [0.717, 1.165) is 32.5 Å². The van der Waals surface area contributed by atoms with Crippen LogP contribution in [0.15, 0.2) is 0 Å². The minimum atomic E-state index is -0.898. The van der Waals surface area contributed by atoms with Crippen LogP contribution in [0, 0.1) is 5.92 Å². The monoisotopic (exact) mass is 257 g/mol. The lowest BCUT2D eigenvalue weighted by molar-refractivity contribution is -0.140. The molecule has 1 saturated heterocycles. The number of carboxylic acids is 1. The summed E-state index contributed by atoms with van der Waals surface area (Å²) in [6, 6.07) is -0.107. The van der Waals surface area contributed by atoms with Gasteiger partial charge in [0.15, 0.2) is 0 Å². The van der Waals surface area contributed by atoms with E-state index in [9.17, 15) is 9.59 Å². The molecule has 0 aromatic heterocycles. The van der Waals surface area contributed by atoms with Crippen molar-refractivity contribution < 1.29 is 14.7 Å². The van der Waals surface area contributed by atoms with Gasteiger partial charge >= 0.3 is 12.0 Å². The summed E-state index contributed by atoms with van der Waals surface area (Å²) in [5, 5.41) is 14.2. The smallest absolute Gasteiger partial charge is 0.315 e. The number of hydrogen-bond donors (Lipinski definition) is 3. The Hall–Kier alpha value is -1.30. The Morgan fingerprint density at radius 1 is 1.50 bits per heavy atom. The zero-order valence-electron chi connectivity index (χ0n) is 11.1. The third-order valence-electron chi connectivity index (χ3n) is 3.28. The minimum Gasteiger partial charge on any atom is -0.481 e. The maximum absolute atomic E-state index is 11.6. The number of rotatable bonds is 5. The van der Waals surface area contributed by atoms with Crippen molar-refractivity contribution in [2.45, 2.75) is 32.7 Å². The van der Waals surface area contributed by atoms with Gasteiger partial charge in [-0.3, -0.25) is 4.79 Å². The van der Waals surface area contributed by atoms with Gasteiger partial charge in [0.25, 0.3) is 0 Å². The van der Waals surface area contributed by atoms with Crippen molar-refractivity contribution in [3.63, 3.8) is 0 Å². The first-order chi connectivity index (χ1) is 8.52. The van der Waals surface area contributed by atoms with Crippen molar-refractivity contribution in [2.24, 2.45) is 5.92 Å². The molecule has 1 rings (SSSR count). The summed E-state index contributed by atoms with van der Waals surface area (Å²) >= 11 is 0. The molecule has 0 radical (unpaired) electrons. The lowest BCUT2D eigenvalue weighted by Gasteiger charge is -2.32. The van der Waals surface area contributed by atoms with Crippen molar-refractivity contribution in [3.8, 4) is 0 Å². The van der Waals surface area contributed by atoms with E-state index in [1.165, 1.54) is 0 Å². The van der Waals surface area contributed by atoms with E-state index < -0.39 is 11.9 Å². The molecule has 6 nitrogen and oxygen atoms in total. The molecule has 1 fully saturated rings. The number of carbonyl (C=O) groups is 2. The van der Waals surface area contributed by atoms with Crippen LogP contribution in [0.2, 0.25) is 0 Å². The molecule has 2 unspecified atom stereocenters. The summed E-state index contributed by atoms with van der Waals surface area (Å²) in [4.78, 5) is 24.5. The molecule has 3 N–H and O–H groups in total. The van der Waals surface area contributed by atoms with Gasteiger partial charge in [-0.15, -0.1) is 0 Å². The molecular formula is C12H23N3O3. The topological polar surface area (TPSA) is 81.7 Å². The summed E-state index contributed by atoms with van der Waals surface area (Å²) in [5.41, 5.74) is 0. The highest BCUT2D eigenvalue weighted by atomic mass is 16.4. The molecular weight excluding hydrogens is 234 g/mol. The standard InChI is InChI=1S/C12H23N3O3/c1-3-15-6-4-5-10(8-15)14-12(18)13-7-9(2)11(16)17/h9-10H,3-8H2,1-2H3,(H,16,17)(H2,13,14,18). The number of likely N-dealkylation sites (N-methyl/N-ethyl adjacent to an activating group) is 1.